The zero-order valence-corrected chi connectivity index (χ0v) is 11.3. The molecule has 2 heterocycles. The van der Waals surface area contributed by atoms with Crippen molar-refractivity contribution in [2.45, 2.75) is 25.4 Å². The lowest BCUT2D eigenvalue weighted by Crippen LogP contribution is -2.44. The normalized spacial score (nSPS) is 16.0. The van der Waals surface area contributed by atoms with Crippen molar-refractivity contribution in [1.29, 1.82) is 0 Å². The number of hydrogen-bond donors (Lipinski definition) is 2. The number of amides is 2. The van der Waals surface area contributed by atoms with Crippen LogP contribution < -0.4 is 11.1 Å². The zero-order valence-electron chi connectivity index (χ0n) is 11.3. The number of anilines is 1. The molecule has 0 aliphatic carbocycles. The summed E-state index contributed by atoms with van der Waals surface area (Å²) in [6.07, 6.45) is 2.48. The lowest BCUT2D eigenvalue weighted by Gasteiger charge is -2.30. The number of nitrogens with zero attached hydrogens (tertiary/aromatic N) is 4. The van der Waals surface area contributed by atoms with Crippen LogP contribution in [-0.4, -0.2) is 58.1 Å². The van der Waals surface area contributed by atoms with E-state index in [1.54, 1.807) is 4.90 Å². The maximum absolute atomic E-state index is 12.0. The van der Waals surface area contributed by atoms with E-state index in [0.29, 0.717) is 13.1 Å². The van der Waals surface area contributed by atoms with Gasteiger partial charge in [-0.05, 0) is 12.8 Å². The van der Waals surface area contributed by atoms with E-state index in [9.17, 15) is 9.59 Å². The Morgan fingerprint density at radius 1 is 1.50 bits per heavy atom. The summed E-state index contributed by atoms with van der Waals surface area (Å²) in [6, 6.07) is 0.182. The first-order valence-corrected chi connectivity index (χ1v) is 6.37. The first-order valence-electron chi connectivity index (χ1n) is 6.37. The van der Waals surface area contributed by atoms with Gasteiger partial charge in [-0.25, -0.2) is 9.48 Å². The number of piperidine rings is 1. The number of methoxy groups -OCH3 is 1. The molecular formula is C11H18N6O3. The fraction of sp³-hybridized carbons (Fsp3) is 0.636. The summed E-state index contributed by atoms with van der Waals surface area (Å²) >= 11 is 0. The lowest BCUT2D eigenvalue weighted by atomic mass is 10.1. The molecule has 1 aliphatic heterocycles. The summed E-state index contributed by atoms with van der Waals surface area (Å²) in [6.45, 7) is 1.43. The Kier molecular flexibility index (Phi) is 4.51. The van der Waals surface area contributed by atoms with E-state index in [1.165, 1.54) is 18.0 Å². The molecule has 1 saturated heterocycles. The maximum atomic E-state index is 12.0. The molecule has 0 aromatic carbocycles. The molecule has 0 radical (unpaired) electrons. The van der Waals surface area contributed by atoms with Crippen molar-refractivity contribution < 1.29 is 14.3 Å². The van der Waals surface area contributed by atoms with E-state index < -0.39 is 6.09 Å². The molecule has 0 saturated carbocycles. The average molecular weight is 282 g/mol. The number of nitrogens with two attached hydrogens (primary N) is 1. The second-order valence-electron chi connectivity index (χ2n) is 4.64. The second-order valence-corrected chi connectivity index (χ2v) is 4.64. The van der Waals surface area contributed by atoms with Crippen LogP contribution in [0.1, 0.15) is 12.8 Å². The third-order valence-electron chi connectivity index (χ3n) is 3.14. The number of ether oxygens (including phenoxy) is 1. The highest BCUT2D eigenvalue weighted by molar-refractivity contribution is 5.82. The Balaban J connectivity index is 1.86. The van der Waals surface area contributed by atoms with Gasteiger partial charge in [-0.3, -0.25) is 10.1 Å². The van der Waals surface area contributed by atoms with Crippen LogP contribution in [0.4, 0.5) is 10.6 Å². The molecule has 1 aliphatic rings. The van der Waals surface area contributed by atoms with Crippen molar-refractivity contribution >= 4 is 17.8 Å². The highest BCUT2D eigenvalue weighted by Gasteiger charge is 2.21. The molecular weight excluding hydrogens is 264 g/mol. The van der Waals surface area contributed by atoms with E-state index >= 15 is 0 Å². The molecule has 2 amide bonds. The average Bonchev–Trinajstić information content (AvgIpc) is 2.86. The number of rotatable bonds is 3. The molecule has 20 heavy (non-hydrogen) atoms. The Bertz CT molecular complexity index is 480. The number of hydrogen-bond acceptors (Lipinski definition) is 6. The molecule has 110 valence electrons. The van der Waals surface area contributed by atoms with Gasteiger partial charge in [0, 0.05) is 19.1 Å². The monoisotopic (exact) mass is 282 g/mol. The van der Waals surface area contributed by atoms with Crippen LogP contribution in [0, 0.1) is 0 Å². The Hall–Kier alpha value is -2.16. The van der Waals surface area contributed by atoms with E-state index in [0.717, 1.165) is 12.8 Å². The van der Waals surface area contributed by atoms with Gasteiger partial charge in [-0.15, -0.1) is 5.10 Å². The molecule has 0 unspecified atom stereocenters. The summed E-state index contributed by atoms with van der Waals surface area (Å²) in [5.74, 6) is 0.205. The van der Waals surface area contributed by atoms with Crippen LogP contribution in [-0.2, 0) is 16.1 Å². The van der Waals surface area contributed by atoms with Crippen molar-refractivity contribution in [3.05, 3.63) is 6.20 Å². The van der Waals surface area contributed by atoms with Gasteiger partial charge in [-0.2, -0.15) is 0 Å². The highest BCUT2D eigenvalue weighted by Crippen LogP contribution is 2.09. The van der Waals surface area contributed by atoms with Crippen LogP contribution in [0.2, 0.25) is 0 Å². The molecule has 1 aromatic heterocycles. The summed E-state index contributed by atoms with van der Waals surface area (Å²) in [7, 11) is 1.25. The summed E-state index contributed by atoms with van der Waals surface area (Å²) in [5.41, 5.74) is 5.79. The first kappa shape index (κ1) is 14.3. The molecule has 9 nitrogen and oxygen atoms in total. The first-order chi connectivity index (χ1) is 9.58. The number of carbonyl (C=O) groups excluding carboxylic acids is 2. The molecule has 2 rings (SSSR count). The fourth-order valence-electron chi connectivity index (χ4n) is 1.98. The van der Waals surface area contributed by atoms with E-state index in [-0.39, 0.29) is 24.3 Å². The third-order valence-corrected chi connectivity index (χ3v) is 3.14. The minimum Gasteiger partial charge on any atom is -0.453 e. The maximum Gasteiger partial charge on any atom is 0.412 e. The van der Waals surface area contributed by atoms with Crippen molar-refractivity contribution in [2.24, 2.45) is 5.73 Å². The van der Waals surface area contributed by atoms with Crippen molar-refractivity contribution in [2.75, 3.05) is 25.5 Å². The highest BCUT2D eigenvalue weighted by atomic mass is 16.5. The summed E-state index contributed by atoms with van der Waals surface area (Å²) < 4.78 is 5.81. The van der Waals surface area contributed by atoms with E-state index in [1.807, 2.05) is 0 Å². The van der Waals surface area contributed by atoms with Crippen molar-refractivity contribution in [3.8, 4) is 0 Å². The van der Waals surface area contributed by atoms with Crippen molar-refractivity contribution in [1.82, 2.24) is 19.9 Å². The minimum atomic E-state index is -0.631. The van der Waals surface area contributed by atoms with Gasteiger partial charge >= 0.3 is 6.09 Å². The van der Waals surface area contributed by atoms with Crippen LogP contribution in [0.25, 0.3) is 0 Å². The predicted molar refractivity (Wildman–Crippen MR) is 69.8 cm³/mol. The third kappa shape index (κ3) is 3.67. The van der Waals surface area contributed by atoms with Gasteiger partial charge in [0.25, 0.3) is 0 Å². The van der Waals surface area contributed by atoms with Crippen LogP contribution in [0.3, 0.4) is 0 Å². The summed E-state index contributed by atoms with van der Waals surface area (Å²) in [4.78, 5) is 24.8. The molecule has 1 fully saturated rings. The van der Waals surface area contributed by atoms with Gasteiger partial charge < -0.3 is 15.4 Å². The van der Waals surface area contributed by atoms with Gasteiger partial charge in [0.15, 0.2) is 5.82 Å². The molecule has 1 aromatic rings. The lowest BCUT2D eigenvalue weighted by molar-refractivity contribution is -0.133. The number of aromatic nitrogens is 3. The van der Waals surface area contributed by atoms with E-state index in [4.69, 9.17) is 5.73 Å². The molecule has 0 spiro atoms. The van der Waals surface area contributed by atoms with Crippen LogP contribution >= 0.6 is 0 Å². The Morgan fingerprint density at radius 3 is 2.85 bits per heavy atom. The van der Waals surface area contributed by atoms with Gasteiger partial charge in [-0.1, -0.05) is 5.21 Å². The van der Waals surface area contributed by atoms with Gasteiger partial charge in [0.2, 0.25) is 5.91 Å². The second kappa shape index (κ2) is 6.33. The number of likely N-dealkylation sites (tertiary alicyclic amines) is 1. The smallest absolute Gasteiger partial charge is 0.412 e. The molecule has 9 heteroatoms. The largest absolute Gasteiger partial charge is 0.453 e. The SMILES string of the molecule is COC(=O)Nc1cn(CC(=O)N2CCC(N)CC2)nn1. The van der Waals surface area contributed by atoms with Crippen LogP contribution in [0.5, 0.6) is 0 Å². The van der Waals surface area contributed by atoms with Gasteiger partial charge in [0.05, 0.1) is 13.3 Å². The van der Waals surface area contributed by atoms with E-state index in [2.05, 4.69) is 20.4 Å². The molecule has 0 atom stereocenters. The number of carbonyl (C=O) groups is 2. The van der Waals surface area contributed by atoms with Crippen molar-refractivity contribution in [3.63, 3.8) is 0 Å². The van der Waals surface area contributed by atoms with Gasteiger partial charge in [0.1, 0.15) is 6.54 Å². The topological polar surface area (TPSA) is 115 Å². The predicted octanol–water partition coefficient (Wildman–Crippen LogP) is -0.594. The summed E-state index contributed by atoms with van der Waals surface area (Å²) in [5, 5.41) is 9.88. The Labute approximate surface area is 116 Å². The fourth-order valence-corrected chi connectivity index (χ4v) is 1.98. The minimum absolute atomic E-state index is 0.0357. The zero-order chi connectivity index (χ0) is 14.5. The molecule has 0 bridgehead atoms. The quantitative estimate of drug-likeness (QED) is 0.765. The van der Waals surface area contributed by atoms with Crippen LogP contribution in [0.15, 0.2) is 6.20 Å². The Morgan fingerprint density at radius 2 is 2.20 bits per heavy atom. The molecule has 3 N–H and O–H groups in total. The standard InChI is InChI=1S/C11H18N6O3/c1-20-11(19)13-9-6-17(15-14-9)7-10(18)16-4-2-8(12)3-5-16/h6,8H,2-5,7,12H2,1H3,(H,13,19). The number of nitrogens with one attached hydrogen (secondary N) is 1.